The summed E-state index contributed by atoms with van der Waals surface area (Å²) in [5.41, 5.74) is 0. The van der Waals surface area contributed by atoms with Crippen molar-refractivity contribution in [3.05, 3.63) is 0 Å². The van der Waals surface area contributed by atoms with E-state index in [1.54, 1.807) is 0 Å². The van der Waals surface area contributed by atoms with Gasteiger partial charge in [-0.3, -0.25) is 4.79 Å². The molecule has 0 aliphatic carbocycles. The number of hydrogen-bond donors (Lipinski definition) is 0. The summed E-state index contributed by atoms with van der Waals surface area (Å²) in [6.07, 6.45) is -9.49. The Morgan fingerprint density at radius 1 is 0.955 bits per heavy atom. The Labute approximate surface area is 123 Å². The molecule has 0 saturated carbocycles. The predicted molar refractivity (Wildman–Crippen MR) is 59.5 cm³/mol. The molecule has 0 spiro atoms. The lowest BCUT2D eigenvalue weighted by atomic mass is 10.00. The first-order chi connectivity index (χ1) is 9.70. The molecular formula is C10H11F9O2S. The number of esters is 1. The SMILES string of the molecule is COC(=O)CSCCCC(F)(F)C(F)(F)C(F)(F)C(F)(F)F. The van der Waals surface area contributed by atoms with Crippen molar-refractivity contribution in [2.75, 3.05) is 18.6 Å². The van der Waals surface area contributed by atoms with Gasteiger partial charge in [0.25, 0.3) is 0 Å². The van der Waals surface area contributed by atoms with Gasteiger partial charge in [-0.2, -0.15) is 51.3 Å². The molecule has 0 aliphatic heterocycles. The third-order valence-corrected chi connectivity index (χ3v) is 3.45. The van der Waals surface area contributed by atoms with Gasteiger partial charge >= 0.3 is 29.9 Å². The molecule has 0 rings (SSSR count). The Morgan fingerprint density at radius 3 is 1.86 bits per heavy atom. The highest BCUT2D eigenvalue weighted by molar-refractivity contribution is 7.99. The van der Waals surface area contributed by atoms with E-state index in [1.807, 2.05) is 0 Å². The molecule has 0 saturated heterocycles. The van der Waals surface area contributed by atoms with Gasteiger partial charge in [0, 0.05) is 6.42 Å². The highest BCUT2D eigenvalue weighted by Crippen LogP contribution is 2.54. The van der Waals surface area contributed by atoms with Crippen LogP contribution < -0.4 is 0 Å². The number of ether oxygens (including phenoxy) is 1. The van der Waals surface area contributed by atoms with E-state index in [9.17, 15) is 44.3 Å². The molecule has 0 amide bonds. The van der Waals surface area contributed by atoms with E-state index in [0.717, 1.165) is 7.11 Å². The van der Waals surface area contributed by atoms with Crippen LogP contribution in [0.4, 0.5) is 39.5 Å². The van der Waals surface area contributed by atoms with Gasteiger partial charge in [-0.1, -0.05) is 0 Å². The fourth-order valence-electron chi connectivity index (χ4n) is 1.18. The lowest BCUT2D eigenvalue weighted by Gasteiger charge is -2.33. The summed E-state index contributed by atoms with van der Waals surface area (Å²) in [6, 6.07) is 0. The Balaban J connectivity index is 4.69. The molecular weight excluding hydrogens is 355 g/mol. The van der Waals surface area contributed by atoms with E-state index in [-0.39, 0.29) is 11.5 Å². The second-order valence-electron chi connectivity index (χ2n) is 4.08. The lowest BCUT2D eigenvalue weighted by Crippen LogP contribution is -2.60. The fraction of sp³-hybridized carbons (Fsp3) is 0.900. The molecule has 0 radical (unpaired) electrons. The Hall–Kier alpha value is -0.810. The van der Waals surface area contributed by atoms with E-state index in [2.05, 4.69) is 4.74 Å². The van der Waals surface area contributed by atoms with Crippen molar-refractivity contribution in [2.24, 2.45) is 0 Å². The van der Waals surface area contributed by atoms with Crippen LogP contribution >= 0.6 is 11.8 Å². The molecule has 0 N–H and O–H groups in total. The Bertz CT molecular complexity index is 381. The van der Waals surface area contributed by atoms with Gasteiger partial charge in [-0.15, -0.1) is 0 Å². The number of hydrogen-bond acceptors (Lipinski definition) is 3. The van der Waals surface area contributed by atoms with Crippen LogP contribution in [0.1, 0.15) is 12.8 Å². The highest BCUT2D eigenvalue weighted by atomic mass is 32.2. The highest BCUT2D eigenvalue weighted by Gasteiger charge is 2.81. The van der Waals surface area contributed by atoms with Gasteiger partial charge < -0.3 is 4.74 Å². The molecule has 12 heteroatoms. The molecule has 0 heterocycles. The van der Waals surface area contributed by atoms with Crippen LogP contribution in [0.25, 0.3) is 0 Å². The van der Waals surface area contributed by atoms with E-state index < -0.39 is 42.8 Å². The average molecular weight is 366 g/mol. The molecule has 0 unspecified atom stereocenters. The number of alkyl halides is 9. The van der Waals surface area contributed by atoms with Crippen molar-refractivity contribution in [2.45, 2.75) is 36.8 Å². The zero-order valence-corrected chi connectivity index (χ0v) is 11.8. The largest absolute Gasteiger partial charge is 0.468 e. The summed E-state index contributed by atoms with van der Waals surface area (Å²) in [7, 11) is 1.04. The monoisotopic (exact) mass is 366 g/mol. The molecule has 0 fully saturated rings. The first-order valence-electron chi connectivity index (χ1n) is 5.55. The zero-order valence-electron chi connectivity index (χ0n) is 11.0. The second-order valence-corrected chi connectivity index (χ2v) is 5.19. The minimum atomic E-state index is -6.86. The molecule has 132 valence electrons. The van der Waals surface area contributed by atoms with Crippen LogP contribution in [0.2, 0.25) is 0 Å². The summed E-state index contributed by atoms with van der Waals surface area (Å²) in [5.74, 6) is -20.3. The van der Waals surface area contributed by atoms with E-state index >= 15 is 0 Å². The van der Waals surface area contributed by atoms with Crippen molar-refractivity contribution in [1.29, 1.82) is 0 Å². The van der Waals surface area contributed by atoms with Crippen molar-refractivity contribution >= 4 is 17.7 Å². The fourth-order valence-corrected chi connectivity index (χ4v) is 1.95. The van der Waals surface area contributed by atoms with Gasteiger partial charge in [0.05, 0.1) is 12.9 Å². The first-order valence-corrected chi connectivity index (χ1v) is 6.71. The van der Waals surface area contributed by atoms with Crippen molar-refractivity contribution < 1.29 is 49.0 Å². The number of halogens is 9. The average Bonchev–Trinajstić information content (AvgIpc) is 2.36. The van der Waals surface area contributed by atoms with Crippen molar-refractivity contribution in [3.8, 4) is 0 Å². The van der Waals surface area contributed by atoms with E-state index in [0.29, 0.717) is 11.8 Å². The van der Waals surface area contributed by atoms with Crippen LogP contribution in [0.15, 0.2) is 0 Å². The normalized spacial score (nSPS) is 14.1. The molecule has 0 aromatic rings. The maximum atomic E-state index is 13.0. The van der Waals surface area contributed by atoms with Crippen LogP contribution in [0.5, 0.6) is 0 Å². The van der Waals surface area contributed by atoms with Crippen LogP contribution in [-0.4, -0.2) is 48.5 Å². The molecule has 0 atom stereocenters. The quantitative estimate of drug-likeness (QED) is 0.367. The molecule has 0 bridgehead atoms. The topological polar surface area (TPSA) is 26.3 Å². The van der Waals surface area contributed by atoms with E-state index in [4.69, 9.17) is 0 Å². The maximum absolute atomic E-state index is 13.0. The Kier molecular flexibility index (Phi) is 6.91. The predicted octanol–water partition coefficient (Wildman–Crippen LogP) is 4.14. The number of methoxy groups -OCH3 is 1. The summed E-state index contributed by atoms with van der Waals surface area (Å²) < 4.78 is 116. The summed E-state index contributed by atoms with van der Waals surface area (Å²) in [6.45, 7) is 0. The van der Waals surface area contributed by atoms with Crippen molar-refractivity contribution in [3.63, 3.8) is 0 Å². The molecule has 0 aromatic heterocycles. The maximum Gasteiger partial charge on any atom is 0.460 e. The second kappa shape index (κ2) is 7.18. The third-order valence-electron chi connectivity index (χ3n) is 2.44. The van der Waals surface area contributed by atoms with Gasteiger partial charge in [-0.05, 0) is 12.2 Å². The van der Waals surface area contributed by atoms with Gasteiger partial charge in [0.15, 0.2) is 0 Å². The molecule has 2 nitrogen and oxygen atoms in total. The molecule has 22 heavy (non-hydrogen) atoms. The lowest BCUT2D eigenvalue weighted by molar-refractivity contribution is -0.396. The van der Waals surface area contributed by atoms with Gasteiger partial charge in [0.1, 0.15) is 0 Å². The zero-order chi connectivity index (χ0) is 17.8. The summed E-state index contributed by atoms with van der Waals surface area (Å²) >= 11 is 0.688. The van der Waals surface area contributed by atoms with Crippen LogP contribution in [0, 0.1) is 0 Å². The third kappa shape index (κ3) is 4.59. The summed E-state index contributed by atoms with van der Waals surface area (Å²) in [4.78, 5) is 10.6. The van der Waals surface area contributed by atoms with Gasteiger partial charge in [-0.25, -0.2) is 0 Å². The van der Waals surface area contributed by atoms with Gasteiger partial charge in [0.2, 0.25) is 0 Å². The minimum absolute atomic E-state index is 0.294. The van der Waals surface area contributed by atoms with Crippen molar-refractivity contribution in [1.82, 2.24) is 0 Å². The standard InChI is InChI=1S/C10H11F9O2S/c1-21-6(20)5-22-4-2-3-7(11,12)8(13,14)9(15,16)10(17,18)19/h2-5H2,1H3. The van der Waals surface area contributed by atoms with Crippen LogP contribution in [0.3, 0.4) is 0 Å². The number of carbonyl (C=O) groups excluding carboxylic acids is 1. The van der Waals surface area contributed by atoms with E-state index in [1.165, 1.54) is 0 Å². The smallest absolute Gasteiger partial charge is 0.460 e. The minimum Gasteiger partial charge on any atom is -0.468 e. The molecule has 0 aromatic carbocycles. The van der Waals surface area contributed by atoms with Crippen LogP contribution in [-0.2, 0) is 9.53 Å². The number of rotatable bonds is 8. The summed E-state index contributed by atoms with van der Waals surface area (Å²) in [5, 5.41) is 0. The first kappa shape index (κ1) is 21.2. The number of thioether (sulfide) groups is 1. The Morgan fingerprint density at radius 2 is 1.45 bits per heavy atom. The molecule has 0 aliphatic rings. The number of carbonyl (C=O) groups is 1.